The molecule has 1 aromatic rings. The number of anilines is 1. The molecule has 0 saturated carbocycles. The normalized spacial score (nSPS) is 25.4. The van der Waals surface area contributed by atoms with Gasteiger partial charge in [0.1, 0.15) is 0 Å². The number of pyridine rings is 1. The Bertz CT molecular complexity index is 372. The lowest BCUT2D eigenvalue weighted by atomic mass is 10.0. The number of hydrogen-bond acceptors (Lipinski definition) is 3. The molecule has 16 heavy (non-hydrogen) atoms. The molecule has 1 saturated heterocycles. The summed E-state index contributed by atoms with van der Waals surface area (Å²) < 4.78 is 14.2. The van der Waals surface area contributed by atoms with Crippen molar-refractivity contribution in [2.45, 2.75) is 31.8 Å². The first-order valence-electron chi connectivity index (χ1n) is 5.46. The molecular formula is C11H15BrFN3. The molecule has 1 aliphatic rings. The largest absolute Gasteiger partial charge is 0.365 e. The Morgan fingerprint density at radius 1 is 1.62 bits per heavy atom. The van der Waals surface area contributed by atoms with Crippen LogP contribution in [0.15, 0.2) is 16.7 Å². The summed E-state index contributed by atoms with van der Waals surface area (Å²) in [5.74, 6) is 0.0443. The fraction of sp³-hybridized carbons (Fsp3) is 0.545. The number of aromatic nitrogens is 1. The Balaban J connectivity index is 2.02. The number of piperidine rings is 1. The fourth-order valence-corrected chi connectivity index (χ4v) is 2.28. The van der Waals surface area contributed by atoms with E-state index in [4.69, 9.17) is 0 Å². The van der Waals surface area contributed by atoms with Crippen molar-refractivity contribution in [2.75, 3.05) is 11.9 Å². The van der Waals surface area contributed by atoms with Gasteiger partial charge in [-0.2, -0.15) is 0 Å². The summed E-state index contributed by atoms with van der Waals surface area (Å²) in [6.07, 6.45) is 3.61. The predicted octanol–water partition coefficient (Wildman–Crippen LogP) is 2.54. The second kappa shape index (κ2) is 5.10. The van der Waals surface area contributed by atoms with E-state index in [1.165, 1.54) is 6.07 Å². The van der Waals surface area contributed by atoms with Crippen molar-refractivity contribution >= 4 is 21.7 Å². The van der Waals surface area contributed by atoms with Gasteiger partial charge >= 0.3 is 0 Å². The van der Waals surface area contributed by atoms with Crippen LogP contribution in [0, 0.1) is 5.82 Å². The van der Waals surface area contributed by atoms with Crippen LogP contribution >= 0.6 is 15.9 Å². The van der Waals surface area contributed by atoms with Crippen LogP contribution in [-0.4, -0.2) is 23.6 Å². The second-order valence-electron chi connectivity index (χ2n) is 4.20. The van der Waals surface area contributed by atoms with Crippen LogP contribution in [0.25, 0.3) is 0 Å². The summed E-state index contributed by atoms with van der Waals surface area (Å²) in [6, 6.07) is 2.21. The van der Waals surface area contributed by atoms with Crippen molar-refractivity contribution in [1.82, 2.24) is 10.3 Å². The van der Waals surface area contributed by atoms with E-state index in [0.717, 1.165) is 19.4 Å². The minimum atomic E-state index is -0.305. The summed E-state index contributed by atoms with van der Waals surface area (Å²) in [6.45, 7) is 3.11. The Kier molecular flexibility index (Phi) is 3.76. The van der Waals surface area contributed by atoms with Gasteiger partial charge in [0.15, 0.2) is 11.6 Å². The Morgan fingerprint density at radius 3 is 3.12 bits per heavy atom. The third kappa shape index (κ3) is 2.92. The SMILES string of the molecule is CC1CC(Nc2ncc(Br)cc2F)CCN1. The van der Waals surface area contributed by atoms with Gasteiger partial charge in [-0.3, -0.25) is 0 Å². The van der Waals surface area contributed by atoms with Gasteiger partial charge < -0.3 is 10.6 Å². The maximum absolute atomic E-state index is 13.5. The molecule has 2 N–H and O–H groups in total. The van der Waals surface area contributed by atoms with Crippen molar-refractivity contribution in [3.63, 3.8) is 0 Å². The topological polar surface area (TPSA) is 37.0 Å². The Hall–Kier alpha value is -0.680. The highest BCUT2D eigenvalue weighted by molar-refractivity contribution is 9.10. The molecule has 2 heterocycles. The van der Waals surface area contributed by atoms with Gasteiger partial charge in [0.2, 0.25) is 0 Å². The molecule has 0 aliphatic carbocycles. The maximum atomic E-state index is 13.5. The van der Waals surface area contributed by atoms with Gasteiger partial charge in [0.25, 0.3) is 0 Å². The summed E-state index contributed by atoms with van der Waals surface area (Å²) >= 11 is 3.19. The van der Waals surface area contributed by atoms with Crippen LogP contribution < -0.4 is 10.6 Å². The fourth-order valence-electron chi connectivity index (χ4n) is 1.98. The number of rotatable bonds is 2. The minimum Gasteiger partial charge on any atom is -0.365 e. The van der Waals surface area contributed by atoms with Crippen molar-refractivity contribution in [1.29, 1.82) is 0 Å². The van der Waals surface area contributed by atoms with Crippen molar-refractivity contribution in [3.05, 3.63) is 22.6 Å². The van der Waals surface area contributed by atoms with Gasteiger partial charge in [-0.25, -0.2) is 9.37 Å². The highest BCUT2D eigenvalue weighted by atomic mass is 79.9. The summed E-state index contributed by atoms with van der Waals surface area (Å²) in [4.78, 5) is 4.04. The zero-order valence-corrected chi connectivity index (χ0v) is 10.7. The first kappa shape index (κ1) is 11.8. The van der Waals surface area contributed by atoms with Crippen LogP contribution in [0.3, 0.4) is 0 Å². The third-order valence-corrected chi connectivity index (χ3v) is 3.21. The van der Waals surface area contributed by atoms with Crippen molar-refractivity contribution < 1.29 is 4.39 Å². The van der Waals surface area contributed by atoms with E-state index >= 15 is 0 Å². The highest BCUT2D eigenvalue weighted by Gasteiger charge is 2.19. The van der Waals surface area contributed by atoms with E-state index in [1.807, 2.05) is 0 Å². The van der Waals surface area contributed by atoms with E-state index < -0.39 is 0 Å². The maximum Gasteiger partial charge on any atom is 0.166 e. The minimum absolute atomic E-state index is 0.305. The average molecular weight is 288 g/mol. The lowest BCUT2D eigenvalue weighted by molar-refractivity contribution is 0.394. The van der Waals surface area contributed by atoms with E-state index in [1.54, 1.807) is 6.20 Å². The molecule has 1 fully saturated rings. The summed E-state index contributed by atoms with van der Waals surface area (Å²) in [5.41, 5.74) is 0. The number of hydrogen-bond donors (Lipinski definition) is 2. The molecule has 0 amide bonds. The van der Waals surface area contributed by atoms with E-state index in [9.17, 15) is 4.39 Å². The van der Waals surface area contributed by atoms with Gasteiger partial charge in [-0.1, -0.05) is 0 Å². The first-order chi connectivity index (χ1) is 7.65. The molecule has 88 valence electrons. The van der Waals surface area contributed by atoms with Gasteiger partial charge in [-0.15, -0.1) is 0 Å². The zero-order valence-electron chi connectivity index (χ0n) is 9.13. The van der Waals surface area contributed by atoms with Gasteiger partial charge in [0, 0.05) is 22.8 Å². The van der Waals surface area contributed by atoms with Crippen molar-refractivity contribution in [2.24, 2.45) is 0 Å². The quantitative estimate of drug-likeness (QED) is 0.878. The highest BCUT2D eigenvalue weighted by Crippen LogP contribution is 2.19. The number of halogens is 2. The van der Waals surface area contributed by atoms with Crippen LogP contribution in [0.2, 0.25) is 0 Å². The standard InChI is InChI=1S/C11H15BrFN3/c1-7-4-9(2-3-14-7)16-11-10(13)5-8(12)6-15-11/h5-7,9,14H,2-4H2,1H3,(H,15,16). The predicted molar refractivity (Wildman–Crippen MR) is 66.0 cm³/mol. The molecule has 0 aromatic carbocycles. The van der Waals surface area contributed by atoms with E-state index in [0.29, 0.717) is 22.4 Å². The van der Waals surface area contributed by atoms with Crippen LogP contribution in [0.5, 0.6) is 0 Å². The molecule has 0 bridgehead atoms. The van der Waals surface area contributed by atoms with Gasteiger partial charge in [-0.05, 0) is 48.3 Å². The average Bonchev–Trinajstić information content (AvgIpc) is 2.22. The third-order valence-electron chi connectivity index (χ3n) is 2.77. The lowest BCUT2D eigenvalue weighted by Crippen LogP contribution is -2.41. The molecule has 3 nitrogen and oxygen atoms in total. The van der Waals surface area contributed by atoms with Crippen LogP contribution in [0.1, 0.15) is 19.8 Å². The molecule has 2 unspecified atom stereocenters. The summed E-state index contributed by atoms with van der Waals surface area (Å²) in [7, 11) is 0. The lowest BCUT2D eigenvalue weighted by Gasteiger charge is -2.29. The summed E-state index contributed by atoms with van der Waals surface area (Å²) in [5, 5.41) is 6.52. The molecular weight excluding hydrogens is 273 g/mol. The van der Waals surface area contributed by atoms with Crippen molar-refractivity contribution in [3.8, 4) is 0 Å². The van der Waals surface area contributed by atoms with Crippen LogP contribution in [-0.2, 0) is 0 Å². The molecule has 0 spiro atoms. The Morgan fingerprint density at radius 2 is 2.44 bits per heavy atom. The second-order valence-corrected chi connectivity index (χ2v) is 5.12. The smallest absolute Gasteiger partial charge is 0.166 e. The molecule has 5 heteroatoms. The molecule has 0 radical (unpaired) electrons. The number of nitrogens with one attached hydrogen (secondary N) is 2. The molecule has 2 atom stereocenters. The van der Waals surface area contributed by atoms with E-state index in [2.05, 4.69) is 38.5 Å². The van der Waals surface area contributed by atoms with Crippen LogP contribution in [0.4, 0.5) is 10.2 Å². The van der Waals surface area contributed by atoms with E-state index in [-0.39, 0.29) is 5.82 Å². The first-order valence-corrected chi connectivity index (χ1v) is 6.25. The molecule has 1 aliphatic heterocycles. The number of nitrogens with zero attached hydrogens (tertiary/aromatic N) is 1. The van der Waals surface area contributed by atoms with Gasteiger partial charge in [0.05, 0.1) is 0 Å². The zero-order chi connectivity index (χ0) is 11.5. The Labute approximate surface area is 103 Å². The molecule has 2 rings (SSSR count). The monoisotopic (exact) mass is 287 g/mol. The molecule has 1 aromatic heterocycles.